The Morgan fingerprint density at radius 2 is 2.12 bits per heavy atom. The lowest BCUT2D eigenvalue weighted by atomic mass is 10.1. The van der Waals surface area contributed by atoms with Crippen LogP contribution in [0.3, 0.4) is 0 Å². The highest BCUT2D eigenvalue weighted by molar-refractivity contribution is 5.89. The summed E-state index contributed by atoms with van der Waals surface area (Å²) < 4.78 is 5.32. The second kappa shape index (κ2) is 5.34. The van der Waals surface area contributed by atoms with Gasteiger partial charge in [-0.15, -0.1) is 0 Å². The van der Waals surface area contributed by atoms with Crippen molar-refractivity contribution >= 4 is 11.9 Å². The van der Waals surface area contributed by atoms with E-state index < -0.39 is 5.60 Å². The van der Waals surface area contributed by atoms with Crippen LogP contribution >= 0.6 is 0 Å². The van der Waals surface area contributed by atoms with E-state index in [1.165, 1.54) is 6.08 Å². The molecule has 0 N–H and O–H groups in total. The molecule has 0 saturated carbocycles. The summed E-state index contributed by atoms with van der Waals surface area (Å²) in [7, 11) is 0. The number of rotatable bonds is 3. The van der Waals surface area contributed by atoms with Gasteiger partial charge in [-0.2, -0.15) is 0 Å². The second-order valence-electron chi connectivity index (χ2n) is 5.34. The molecule has 0 bridgehead atoms. The van der Waals surface area contributed by atoms with E-state index in [0.717, 1.165) is 12.8 Å². The van der Waals surface area contributed by atoms with Crippen LogP contribution in [0, 0.1) is 0 Å². The van der Waals surface area contributed by atoms with Gasteiger partial charge in [-0.3, -0.25) is 4.79 Å². The monoisotopic (exact) mass is 239 g/mol. The van der Waals surface area contributed by atoms with E-state index in [0.29, 0.717) is 13.0 Å². The molecule has 0 spiro atoms. The van der Waals surface area contributed by atoms with Crippen LogP contribution in [0.5, 0.6) is 0 Å². The molecule has 0 aliphatic carbocycles. The predicted octanol–water partition coefficient (Wildman–Crippen LogP) is 2.53. The molecule has 1 amide bonds. The fourth-order valence-corrected chi connectivity index (χ4v) is 1.92. The van der Waals surface area contributed by atoms with Crippen molar-refractivity contribution in [2.75, 3.05) is 6.54 Å². The van der Waals surface area contributed by atoms with Crippen LogP contribution in [0.2, 0.25) is 0 Å². The Bertz CT molecular complexity index is 317. The first-order chi connectivity index (χ1) is 7.83. The molecule has 0 radical (unpaired) electrons. The van der Waals surface area contributed by atoms with Crippen LogP contribution in [0.4, 0.5) is 4.79 Å². The first-order valence-electron chi connectivity index (χ1n) is 5.98. The molecule has 1 aliphatic rings. The quantitative estimate of drug-likeness (QED) is 0.711. The summed E-state index contributed by atoms with van der Waals surface area (Å²) in [4.78, 5) is 24.9. The molecule has 17 heavy (non-hydrogen) atoms. The van der Waals surface area contributed by atoms with Crippen molar-refractivity contribution in [3.63, 3.8) is 0 Å². The summed E-state index contributed by atoms with van der Waals surface area (Å²) in [5.41, 5.74) is -0.493. The van der Waals surface area contributed by atoms with Crippen LogP contribution in [0.25, 0.3) is 0 Å². The van der Waals surface area contributed by atoms with Crippen molar-refractivity contribution in [1.82, 2.24) is 4.90 Å². The van der Waals surface area contributed by atoms with E-state index >= 15 is 0 Å². The minimum absolute atomic E-state index is 0.0227. The predicted molar refractivity (Wildman–Crippen MR) is 65.8 cm³/mol. The molecule has 1 atom stereocenters. The summed E-state index contributed by atoms with van der Waals surface area (Å²) in [6.07, 6.45) is 3.12. The van der Waals surface area contributed by atoms with Gasteiger partial charge in [-0.05, 0) is 39.7 Å². The zero-order valence-electron chi connectivity index (χ0n) is 10.9. The number of allylic oxidation sites excluding steroid dienone is 1. The van der Waals surface area contributed by atoms with Gasteiger partial charge in [0, 0.05) is 19.0 Å². The Kier molecular flexibility index (Phi) is 4.32. The number of nitrogens with zero attached hydrogens (tertiary/aromatic N) is 1. The molecule has 0 aromatic carbocycles. The van der Waals surface area contributed by atoms with Crippen molar-refractivity contribution in [2.24, 2.45) is 0 Å². The highest BCUT2D eigenvalue weighted by Gasteiger charge is 2.32. The van der Waals surface area contributed by atoms with Crippen LogP contribution in [0.15, 0.2) is 12.7 Å². The summed E-state index contributed by atoms with van der Waals surface area (Å²) in [5.74, 6) is -0.0227. The molecule has 1 heterocycles. The number of amides is 1. The zero-order valence-corrected chi connectivity index (χ0v) is 10.9. The first-order valence-corrected chi connectivity index (χ1v) is 5.98. The van der Waals surface area contributed by atoms with Gasteiger partial charge in [0.2, 0.25) is 0 Å². The van der Waals surface area contributed by atoms with Gasteiger partial charge >= 0.3 is 6.09 Å². The highest BCUT2D eigenvalue weighted by Crippen LogP contribution is 2.23. The molecule has 1 unspecified atom stereocenters. The van der Waals surface area contributed by atoms with E-state index in [-0.39, 0.29) is 17.9 Å². The average Bonchev–Trinajstić information content (AvgIpc) is 2.63. The van der Waals surface area contributed by atoms with Gasteiger partial charge in [0.05, 0.1) is 0 Å². The molecule has 1 fully saturated rings. The maximum absolute atomic E-state index is 11.9. The average molecular weight is 239 g/mol. The van der Waals surface area contributed by atoms with E-state index in [4.69, 9.17) is 4.74 Å². The minimum atomic E-state index is -0.493. The molecule has 0 aromatic heterocycles. The Morgan fingerprint density at radius 1 is 1.47 bits per heavy atom. The number of ether oxygens (including phenoxy) is 1. The molecular formula is C13H21NO3. The Morgan fingerprint density at radius 3 is 2.65 bits per heavy atom. The van der Waals surface area contributed by atoms with Crippen molar-refractivity contribution < 1.29 is 14.3 Å². The number of likely N-dealkylation sites (tertiary alicyclic amines) is 1. The van der Waals surface area contributed by atoms with Gasteiger partial charge in [0.1, 0.15) is 5.60 Å². The maximum atomic E-state index is 11.9. The van der Waals surface area contributed by atoms with Gasteiger partial charge in [0.25, 0.3) is 0 Å². The van der Waals surface area contributed by atoms with Crippen molar-refractivity contribution in [1.29, 1.82) is 0 Å². The van der Waals surface area contributed by atoms with Crippen LogP contribution in [0.1, 0.15) is 40.0 Å². The van der Waals surface area contributed by atoms with Gasteiger partial charge < -0.3 is 9.64 Å². The summed E-state index contributed by atoms with van der Waals surface area (Å²) in [6.45, 7) is 9.63. The third-order valence-corrected chi connectivity index (χ3v) is 2.67. The normalized spacial score (nSPS) is 20.2. The van der Waals surface area contributed by atoms with Crippen molar-refractivity contribution in [2.45, 2.75) is 51.7 Å². The fraction of sp³-hybridized carbons (Fsp3) is 0.692. The third-order valence-electron chi connectivity index (χ3n) is 2.67. The number of hydrogen-bond acceptors (Lipinski definition) is 3. The van der Waals surface area contributed by atoms with E-state index in [1.807, 2.05) is 20.8 Å². The summed E-state index contributed by atoms with van der Waals surface area (Å²) >= 11 is 0. The van der Waals surface area contributed by atoms with Crippen LogP contribution in [-0.4, -0.2) is 35.0 Å². The smallest absolute Gasteiger partial charge is 0.410 e. The molecule has 1 rings (SSSR count). The molecule has 1 saturated heterocycles. The molecular weight excluding hydrogens is 218 g/mol. The van der Waals surface area contributed by atoms with Crippen LogP contribution in [-0.2, 0) is 9.53 Å². The first kappa shape index (κ1) is 13.7. The van der Waals surface area contributed by atoms with Gasteiger partial charge in [-0.25, -0.2) is 4.79 Å². The van der Waals surface area contributed by atoms with E-state index in [1.54, 1.807) is 4.90 Å². The zero-order chi connectivity index (χ0) is 13.1. The largest absolute Gasteiger partial charge is 0.444 e. The Hall–Kier alpha value is -1.32. The van der Waals surface area contributed by atoms with Crippen LogP contribution < -0.4 is 0 Å². The minimum Gasteiger partial charge on any atom is -0.444 e. The number of ketones is 1. The number of carbonyl (C=O) groups excluding carboxylic acids is 2. The standard InChI is InChI=1S/C13H21NO3/c1-5-11(15)9-10-7-6-8-14(10)12(16)17-13(2,3)4/h5,10H,1,6-9H2,2-4H3. The highest BCUT2D eigenvalue weighted by atomic mass is 16.6. The van der Waals surface area contributed by atoms with Crippen molar-refractivity contribution in [3.8, 4) is 0 Å². The molecule has 4 nitrogen and oxygen atoms in total. The van der Waals surface area contributed by atoms with E-state index in [2.05, 4.69) is 6.58 Å². The fourth-order valence-electron chi connectivity index (χ4n) is 1.92. The maximum Gasteiger partial charge on any atom is 0.410 e. The number of hydrogen-bond donors (Lipinski definition) is 0. The van der Waals surface area contributed by atoms with Crippen molar-refractivity contribution in [3.05, 3.63) is 12.7 Å². The van der Waals surface area contributed by atoms with E-state index in [9.17, 15) is 9.59 Å². The lowest BCUT2D eigenvalue weighted by Crippen LogP contribution is -2.40. The molecule has 1 aliphatic heterocycles. The molecule has 0 aromatic rings. The summed E-state index contributed by atoms with van der Waals surface area (Å²) in [6, 6.07) is -0.0321. The van der Waals surface area contributed by atoms with Gasteiger partial charge in [-0.1, -0.05) is 6.58 Å². The third kappa shape index (κ3) is 4.21. The number of carbonyl (C=O) groups is 2. The summed E-state index contributed by atoms with van der Waals surface area (Å²) in [5, 5.41) is 0. The molecule has 96 valence electrons. The Balaban J connectivity index is 2.59. The SMILES string of the molecule is C=CC(=O)CC1CCCN1C(=O)OC(C)(C)C. The topological polar surface area (TPSA) is 46.6 Å². The second-order valence-corrected chi connectivity index (χ2v) is 5.34. The lowest BCUT2D eigenvalue weighted by molar-refractivity contribution is -0.115. The molecule has 4 heteroatoms. The van der Waals surface area contributed by atoms with Gasteiger partial charge in [0.15, 0.2) is 5.78 Å². The Labute approximate surface area is 103 Å². The lowest BCUT2D eigenvalue weighted by Gasteiger charge is -2.28.